The van der Waals surface area contributed by atoms with Crippen LogP contribution in [0.2, 0.25) is 0 Å². The van der Waals surface area contributed by atoms with Crippen LogP contribution in [0.15, 0.2) is 133 Å². The molecule has 1 amide bonds. The number of thiophene rings is 1. The van der Waals surface area contributed by atoms with E-state index in [1.165, 1.54) is 11.3 Å². The Labute approximate surface area is 327 Å². The number of hydrogen-bond donors (Lipinski definition) is 2. The molecule has 1 aliphatic rings. The maximum atomic E-state index is 13.0. The van der Waals surface area contributed by atoms with Crippen molar-refractivity contribution < 1.29 is 33.6 Å². The Hall–Kier alpha value is -6.12. The Morgan fingerprint density at radius 3 is 2.11 bits per heavy atom. The fourth-order valence-electron chi connectivity index (χ4n) is 6.91. The number of carbonyl (C=O) groups excluding carboxylic acids is 1. The average Bonchev–Trinajstić information content (AvgIpc) is 4.02. The third-order valence-electron chi connectivity index (χ3n) is 9.69. The predicted octanol–water partition coefficient (Wildman–Crippen LogP) is 7.25. The van der Waals surface area contributed by atoms with Crippen molar-refractivity contribution in [2.45, 2.75) is 30.5 Å². The molecule has 0 saturated carbocycles. The summed E-state index contributed by atoms with van der Waals surface area (Å²) >= 11 is 1.50. The first-order valence-electron chi connectivity index (χ1n) is 18.0. The Balaban J connectivity index is 1.09. The van der Waals surface area contributed by atoms with Crippen LogP contribution in [0.25, 0.3) is 21.7 Å². The van der Waals surface area contributed by atoms with E-state index in [0.717, 1.165) is 21.6 Å². The zero-order valence-electron chi connectivity index (χ0n) is 30.6. The second kappa shape index (κ2) is 16.3. The lowest BCUT2D eigenvalue weighted by molar-refractivity contribution is -0.118. The summed E-state index contributed by atoms with van der Waals surface area (Å²) in [4.78, 5) is 27.9. The molecule has 1 fully saturated rings. The standard InChI is InChI=1S/C43H39N5O7S/c1-51-31-19-15-29(16-20-31)43(28-10-5-3-6-11-28,30-17-21-32(52-2)22-18-30)54-25-35-34(49)24-38(55-35)48-27-44-40-39(36-14-9-23-56-36)46-42(47-41(40)48)45-37(50)26-53-33-12-7-4-8-13-33/h3-23,27,34-35,38,49H,24-26H2,1-2H3,(H,45,46,47,50)/t34-,35+,38+/m0/s1. The maximum Gasteiger partial charge on any atom is 0.264 e. The average molecular weight is 770 g/mol. The Morgan fingerprint density at radius 1 is 0.839 bits per heavy atom. The van der Waals surface area contributed by atoms with Crippen LogP contribution in [0.4, 0.5) is 5.95 Å². The lowest BCUT2D eigenvalue weighted by Crippen LogP contribution is -2.38. The van der Waals surface area contributed by atoms with E-state index in [1.54, 1.807) is 37.2 Å². The zero-order chi connectivity index (χ0) is 38.5. The summed E-state index contributed by atoms with van der Waals surface area (Å²) in [6.45, 7) is -0.189. The minimum atomic E-state index is -1.09. The van der Waals surface area contributed by atoms with E-state index in [4.69, 9.17) is 33.7 Å². The molecule has 8 rings (SSSR count). The Kier molecular flexibility index (Phi) is 10.7. The number of para-hydroxylation sites is 1. The van der Waals surface area contributed by atoms with Crippen LogP contribution in [-0.2, 0) is 19.9 Å². The Morgan fingerprint density at radius 2 is 1.48 bits per heavy atom. The van der Waals surface area contributed by atoms with Crippen LogP contribution in [0.5, 0.6) is 17.2 Å². The van der Waals surface area contributed by atoms with E-state index in [0.29, 0.717) is 34.1 Å². The molecule has 0 radical (unpaired) electrons. The highest BCUT2D eigenvalue weighted by Gasteiger charge is 2.42. The lowest BCUT2D eigenvalue weighted by Gasteiger charge is -2.37. The van der Waals surface area contributed by atoms with Crippen molar-refractivity contribution in [1.29, 1.82) is 0 Å². The Bertz CT molecular complexity index is 2330. The molecule has 284 valence electrons. The van der Waals surface area contributed by atoms with E-state index in [1.807, 2.05) is 115 Å². The molecule has 0 spiro atoms. The molecular formula is C43H39N5O7S. The number of fused-ring (bicyclic) bond motifs is 1. The number of hydrogen-bond acceptors (Lipinski definition) is 11. The minimum absolute atomic E-state index is 0.0371. The molecule has 2 N–H and O–H groups in total. The van der Waals surface area contributed by atoms with Gasteiger partial charge in [0.2, 0.25) is 5.95 Å². The topological polar surface area (TPSA) is 139 Å². The fraction of sp³-hybridized carbons (Fsp3) is 0.209. The minimum Gasteiger partial charge on any atom is -0.497 e. The molecule has 4 heterocycles. The number of nitrogens with zero attached hydrogens (tertiary/aromatic N) is 4. The number of nitrogens with one attached hydrogen (secondary N) is 1. The summed E-state index contributed by atoms with van der Waals surface area (Å²) in [5, 5.41) is 16.3. The number of carbonyl (C=O) groups is 1. The van der Waals surface area contributed by atoms with E-state index in [2.05, 4.69) is 10.3 Å². The maximum absolute atomic E-state index is 13.0. The highest BCUT2D eigenvalue weighted by atomic mass is 32.1. The van der Waals surface area contributed by atoms with Crippen LogP contribution in [0, 0.1) is 0 Å². The molecule has 1 saturated heterocycles. The first-order valence-corrected chi connectivity index (χ1v) is 18.9. The number of aliphatic hydroxyl groups excluding tert-OH is 1. The van der Waals surface area contributed by atoms with E-state index in [-0.39, 0.29) is 25.6 Å². The molecule has 0 bridgehead atoms. The van der Waals surface area contributed by atoms with Crippen LogP contribution < -0.4 is 19.5 Å². The van der Waals surface area contributed by atoms with E-state index in [9.17, 15) is 9.90 Å². The summed E-state index contributed by atoms with van der Waals surface area (Å²) in [5.41, 5.74) is 3.06. The monoisotopic (exact) mass is 769 g/mol. The molecule has 0 unspecified atom stereocenters. The molecular weight excluding hydrogens is 731 g/mol. The summed E-state index contributed by atoms with van der Waals surface area (Å²) in [5.74, 6) is 1.67. The molecule has 13 heteroatoms. The van der Waals surface area contributed by atoms with Gasteiger partial charge in [-0.3, -0.25) is 14.7 Å². The quantitative estimate of drug-likeness (QED) is 0.109. The third-order valence-corrected chi connectivity index (χ3v) is 10.6. The second-order valence-corrected chi connectivity index (χ2v) is 14.0. The number of imidazole rings is 1. The molecule has 56 heavy (non-hydrogen) atoms. The largest absolute Gasteiger partial charge is 0.497 e. The molecule has 3 atom stereocenters. The molecule has 1 aliphatic heterocycles. The van der Waals surface area contributed by atoms with Crippen LogP contribution >= 0.6 is 11.3 Å². The lowest BCUT2D eigenvalue weighted by atomic mass is 9.80. The number of amides is 1. The van der Waals surface area contributed by atoms with Gasteiger partial charge >= 0.3 is 0 Å². The number of anilines is 1. The van der Waals surface area contributed by atoms with Crippen molar-refractivity contribution in [3.63, 3.8) is 0 Å². The number of aromatic nitrogens is 4. The number of rotatable bonds is 14. The van der Waals surface area contributed by atoms with Gasteiger partial charge in [-0.15, -0.1) is 11.3 Å². The third kappa shape index (κ3) is 7.45. The van der Waals surface area contributed by atoms with Crippen molar-refractivity contribution in [2.75, 3.05) is 32.8 Å². The van der Waals surface area contributed by atoms with Gasteiger partial charge in [-0.05, 0) is 64.5 Å². The van der Waals surface area contributed by atoms with Gasteiger partial charge in [-0.1, -0.05) is 78.9 Å². The second-order valence-electron chi connectivity index (χ2n) is 13.1. The predicted molar refractivity (Wildman–Crippen MR) is 212 cm³/mol. The SMILES string of the molecule is COc1ccc(C(OC[C@H]2O[C@@H](n3cnc4c(-c5cccs5)nc(NC(=O)COc5ccccc5)nc43)C[C@@H]2O)(c2ccccc2)c2ccc(OC)cc2)cc1. The van der Waals surface area contributed by atoms with Gasteiger partial charge in [0.05, 0.1) is 38.1 Å². The summed E-state index contributed by atoms with van der Waals surface area (Å²) in [6, 6.07) is 38.4. The highest BCUT2D eigenvalue weighted by Crippen LogP contribution is 2.43. The van der Waals surface area contributed by atoms with Crippen molar-refractivity contribution in [1.82, 2.24) is 19.5 Å². The number of aliphatic hydroxyl groups is 1. The molecule has 0 aliphatic carbocycles. The normalized spacial score (nSPS) is 16.8. The van der Waals surface area contributed by atoms with Gasteiger partial charge in [0.15, 0.2) is 12.3 Å². The number of benzene rings is 4. The zero-order valence-corrected chi connectivity index (χ0v) is 31.5. The molecule has 4 aromatic carbocycles. The number of ether oxygens (including phenoxy) is 5. The summed E-state index contributed by atoms with van der Waals surface area (Å²) in [6.07, 6.45) is -0.374. The van der Waals surface area contributed by atoms with Crippen molar-refractivity contribution in [2.24, 2.45) is 0 Å². The first kappa shape index (κ1) is 36.8. The smallest absolute Gasteiger partial charge is 0.264 e. The van der Waals surface area contributed by atoms with Gasteiger partial charge in [-0.25, -0.2) is 9.97 Å². The summed E-state index contributed by atoms with van der Waals surface area (Å²) < 4.78 is 32.0. The van der Waals surface area contributed by atoms with Gasteiger partial charge in [-0.2, -0.15) is 4.98 Å². The molecule has 7 aromatic rings. The van der Waals surface area contributed by atoms with Gasteiger partial charge in [0.25, 0.3) is 5.91 Å². The molecule has 12 nitrogen and oxygen atoms in total. The fourth-order valence-corrected chi connectivity index (χ4v) is 7.63. The van der Waals surface area contributed by atoms with Crippen molar-refractivity contribution in [3.05, 3.63) is 150 Å². The molecule has 3 aromatic heterocycles. The van der Waals surface area contributed by atoms with Gasteiger partial charge in [0.1, 0.15) is 46.4 Å². The first-order chi connectivity index (χ1) is 27.4. The van der Waals surface area contributed by atoms with Crippen LogP contribution in [-0.4, -0.2) is 70.2 Å². The van der Waals surface area contributed by atoms with Crippen molar-refractivity contribution >= 4 is 34.4 Å². The highest BCUT2D eigenvalue weighted by molar-refractivity contribution is 7.13. The van der Waals surface area contributed by atoms with Crippen LogP contribution in [0.1, 0.15) is 29.3 Å². The van der Waals surface area contributed by atoms with E-state index < -0.39 is 29.9 Å². The van der Waals surface area contributed by atoms with Crippen LogP contribution in [0.3, 0.4) is 0 Å². The number of methoxy groups -OCH3 is 2. The van der Waals surface area contributed by atoms with E-state index >= 15 is 0 Å². The van der Waals surface area contributed by atoms with Gasteiger partial charge < -0.3 is 28.8 Å². The van der Waals surface area contributed by atoms with Gasteiger partial charge in [0, 0.05) is 6.42 Å². The summed E-state index contributed by atoms with van der Waals surface area (Å²) in [7, 11) is 3.26. The van der Waals surface area contributed by atoms with Crippen molar-refractivity contribution in [3.8, 4) is 27.8 Å².